The molecule has 1 atom stereocenters. The lowest BCUT2D eigenvalue weighted by atomic mass is 10.0. The quantitative estimate of drug-likeness (QED) is 0.0661. The molecule has 2 heterocycles. The van der Waals surface area contributed by atoms with Crippen molar-refractivity contribution >= 4 is 29.3 Å². The topological polar surface area (TPSA) is 151 Å². The summed E-state index contributed by atoms with van der Waals surface area (Å²) in [5.74, 6) is -2.13. The standard InChI is InChI=1S/C40H65N3O10/c1-2-3-4-5-6-7-8-9-10-11-12-13-14-21-48-23-25-50-27-29-52-31-32-53-30-28-51-26-24-49-22-20-41-34-17-15-16-33-37(34)40(47)43(39(33)46)35-18-19-36(44)42-38(35)45/h15-17,35,41H,2-14,18-32H2,1H3,(H,42,44,45). The highest BCUT2D eigenvalue weighted by molar-refractivity contribution is 6.25. The molecule has 3 rings (SSSR count). The third-order valence-corrected chi connectivity index (χ3v) is 9.28. The lowest BCUT2D eigenvalue weighted by molar-refractivity contribution is -0.136. The highest BCUT2D eigenvalue weighted by Gasteiger charge is 2.45. The number of benzene rings is 1. The summed E-state index contributed by atoms with van der Waals surface area (Å²) < 4.78 is 33.4. The van der Waals surface area contributed by atoms with Crippen LogP contribution in [0.2, 0.25) is 0 Å². The smallest absolute Gasteiger partial charge is 0.264 e. The van der Waals surface area contributed by atoms with Crippen molar-refractivity contribution in [3.05, 3.63) is 29.3 Å². The molecule has 0 aliphatic carbocycles. The van der Waals surface area contributed by atoms with Gasteiger partial charge in [-0.2, -0.15) is 0 Å². The van der Waals surface area contributed by atoms with E-state index in [9.17, 15) is 19.2 Å². The lowest BCUT2D eigenvalue weighted by Gasteiger charge is -2.27. The second-order valence-electron chi connectivity index (χ2n) is 13.5. The Morgan fingerprint density at radius 2 is 1.08 bits per heavy atom. The van der Waals surface area contributed by atoms with Crippen LogP contribution >= 0.6 is 0 Å². The average molecular weight is 748 g/mol. The minimum Gasteiger partial charge on any atom is -0.382 e. The van der Waals surface area contributed by atoms with Crippen LogP contribution in [0.4, 0.5) is 5.69 Å². The number of rotatable bonds is 34. The first-order valence-corrected chi connectivity index (χ1v) is 20.1. The number of nitrogens with zero attached hydrogens (tertiary/aromatic N) is 1. The first-order chi connectivity index (χ1) is 26.0. The maximum atomic E-state index is 13.2. The van der Waals surface area contributed by atoms with Gasteiger partial charge in [-0.25, -0.2) is 0 Å². The van der Waals surface area contributed by atoms with Crippen LogP contribution < -0.4 is 10.6 Å². The van der Waals surface area contributed by atoms with E-state index in [4.69, 9.17) is 28.4 Å². The third kappa shape index (κ3) is 17.8. The van der Waals surface area contributed by atoms with Crippen molar-refractivity contribution in [2.45, 2.75) is 109 Å². The molecule has 13 nitrogen and oxygen atoms in total. The Balaban J connectivity index is 1.03. The molecule has 1 saturated heterocycles. The molecule has 2 aliphatic rings. The van der Waals surface area contributed by atoms with Crippen LogP contribution in [-0.2, 0) is 38.0 Å². The number of amides is 4. The van der Waals surface area contributed by atoms with Gasteiger partial charge >= 0.3 is 0 Å². The molecule has 1 fully saturated rings. The highest BCUT2D eigenvalue weighted by atomic mass is 16.6. The van der Waals surface area contributed by atoms with Gasteiger partial charge in [0, 0.05) is 25.3 Å². The zero-order valence-electron chi connectivity index (χ0n) is 32.1. The van der Waals surface area contributed by atoms with Crippen molar-refractivity contribution in [2.75, 3.05) is 91.1 Å². The number of carbonyl (C=O) groups excluding carboxylic acids is 4. The van der Waals surface area contributed by atoms with Crippen LogP contribution in [0.25, 0.3) is 0 Å². The molecule has 0 spiro atoms. The molecule has 2 N–H and O–H groups in total. The Labute approximate surface area is 316 Å². The lowest BCUT2D eigenvalue weighted by Crippen LogP contribution is -2.54. The maximum absolute atomic E-state index is 13.2. The van der Waals surface area contributed by atoms with Gasteiger partial charge in [-0.05, 0) is 25.0 Å². The van der Waals surface area contributed by atoms with Crippen LogP contribution in [-0.4, -0.2) is 120 Å². The zero-order chi connectivity index (χ0) is 37.8. The maximum Gasteiger partial charge on any atom is 0.264 e. The third-order valence-electron chi connectivity index (χ3n) is 9.28. The van der Waals surface area contributed by atoms with Gasteiger partial charge in [0.1, 0.15) is 6.04 Å². The predicted octanol–water partition coefficient (Wildman–Crippen LogP) is 5.69. The van der Waals surface area contributed by atoms with Crippen molar-refractivity contribution in [3.8, 4) is 0 Å². The van der Waals surface area contributed by atoms with Crippen LogP contribution in [0.5, 0.6) is 0 Å². The number of carbonyl (C=O) groups is 4. The van der Waals surface area contributed by atoms with Gasteiger partial charge in [-0.1, -0.05) is 90.0 Å². The fourth-order valence-electron chi connectivity index (χ4n) is 6.34. The first-order valence-electron chi connectivity index (χ1n) is 20.1. The molecule has 0 bridgehead atoms. The van der Waals surface area contributed by atoms with Gasteiger partial charge in [0.25, 0.3) is 11.8 Å². The minimum absolute atomic E-state index is 0.0743. The Morgan fingerprint density at radius 3 is 1.58 bits per heavy atom. The van der Waals surface area contributed by atoms with Gasteiger partial charge < -0.3 is 33.7 Å². The van der Waals surface area contributed by atoms with E-state index in [0.29, 0.717) is 84.9 Å². The highest BCUT2D eigenvalue weighted by Crippen LogP contribution is 2.32. The predicted molar refractivity (Wildman–Crippen MR) is 202 cm³/mol. The molecule has 0 aromatic heterocycles. The van der Waals surface area contributed by atoms with Gasteiger partial charge in [0.15, 0.2) is 0 Å². The molecule has 1 aromatic carbocycles. The summed E-state index contributed by atoms with van der Waals surface area (Å²) in [6.45, 7) is 8.79. The fourth-order valence-corrected chi connectivity index (χ4v) is 6.34. The van der Waals surface area contributed by atoms with Gasteiger partial charge in [0.05, 0.1) is 83.8 Å². The van der Waals surface area contributed by atoms with Gasteiger partial charge in [0.2, 0.25) is 11.8 Å². The Hall–Kier alpha value is -2.94. The number of anilines is 1. The van der Waals surface area contributed by atoms with E-state index >= 15 is 0 Å². The number of unbranched alkanes of at least 4 members (excludes halogenated alkanes) is 12. The van der Waals surface area contributed by atoms with Crippen LogP contribution in [0.15, 0.2) is 18.2 Å². The molecule has 300 valence electrons. The number of imide groups is 2. The summed E-state index contributed by atoms with van der Waals surface area (Å²) in [5.41, 5.74) is 0.942. The van der Waals surface area contributed by atoms with Gasteiger partial charge in [-0.15, -0.1) is 0 Å². The molecule has 53 heavy (non-hydrogen) atoms. The molecule has 2 aliphatic heterocycles. The number of nitrogens with one attached hydrogen (secondary N) is 2. The van der Waals surface area contributed by atoms with Crippen molar-refractivity contribution in [2.24, 2.45) is 0 Å². The average Bonchev–Trinajstić information content (AvgIpc) is 3.41. The SMILES string of the molecule is CCCCCCCCCCCCCCCOCCOCCOCCOCCOCCOCCNc1cccc2c1C(=O)N(C1CCC(=O)NC1=O)C2=O. The van der Waals surface area contributed by atoms with E-state index < -0.39 is 29.7 Å². The Bertz CT molecular complexity index is 1200. The molecule has 13 heteroatoms. The summed E-state index contributed by atoms with van der Waals surface area (Å²) in [6, 6.07) is 3.94. The monoisotopic (exact) mass is 747 g/mol. The van der Waals surface area contributed by atoms with Crippen molar-refractivity contribution in [3.63, 3.8) is 0 Å². The largest absolute Gasteiger partial charge is 0.382 e. The summed E-state index contributed by atoms with van der Waals surface area (Å²) in [7, 11) is 0. The summed E-state index contributed by atoms with van der Waals surface area (Å²) in [4.78, 5) is 50.9. The molecular weight excluding hydrogens is 682 g/mol. The number of hydrogen-bond donors (Lipinski definition) is 2. The van der Waals surface area contributed by atoms with Crippen molar-refractivity contribution < 1.29 is 47.6 Å². The Morgan fingerprint density at radius 1 is 0.604 bits per heavy atom. The van der Waals surface area contributed by atoms with E-state index in [1.54, 1.807) is 18.2 Å². The zero-order valence-corrected chi connectivity index (χ0v) is 32.1. The van der Waals surface area contributed by atoms with Crippen LogP contribution in [0.1, 0.15) is 124 Å². The normalized spacial score (nSPS) is 15.7. The molecule has 1 unspecified atom stereocenters. The van der Waals surface area contributed by atoms with Crippen LogP contribution in [0.3, 0.4) is 0 Å². The number of piperidine rings is 1. The van der Waals surface area contributed by atoms with Crippen molar-refractivity contribution in [1.29, 1.82) is 0 Å². The number of ether oxygens (including phenoxy) is 6. The summed E-state index contributed by atoms with van der Waals surface area (Å²) >= 11 is 0. The first kappa shape index (κ1) is 44.5. The summed E-state index contributed by atoms with van der Waals surface area (Å²) in [6.07, 6.45) is 17.8. The van der Waals surface area contributed by atoms with E-state index in [0.717, 1.165) is 17.9 Å². The van der Waals surface area contributed by atoms with Crippen LogP contribution in [0, 0.1) is 0 Å². The molecule has 0 radical (unpaired) electrons. The summed E-state index contributed by atoms with van der Waals surface area (Å²) in [5, 5.41) is 5.35. The number of hydrogen-bond acceptors (Lipinski definition) is 11. The minimum atomic E-state index is -1.00. The van der Waals surface area contributed by atoms with Crippen molar-refractivity contribution in [1.82, 2.24) is 10.2 Å². The fraction of sp³-hybridized carbons (Fsp3) is 0.750. The Kier molecular flexibility index (Phi) is 23.9. The van der Waals surface area contributed by atoms with E-state index in [2.05, 4.69) is 17.6 Å². The number of fused-ring (bicyclic) bond motifs is 1. The second-order valence-corrected chi connectivity index (χ2v) is 13.5. The van der Waals surface area contributed by atoms with E-state index in [1.165, 1.54) is 77.0 Å². The molecule has 0 saturated carbocycles. The van der Waals surface area contributed by atoms with Gasteiger partial charge in [-0.3, -0.25) is 29.4 Å². The molecule has 1 aromatic rings. The second kappa shape index (κ2) is 28.5. The molecular formula is C40H65N3O10. The van der Waals surface area contributed by atoms with E-state index in [1.807, 2.05) is 0 Å². The molecule has 4 amide bonds. The van der Waals surface area contributed by atoms with E-state index in [-0.39, 0.29) is 24.0 Å².